The van der Waals surface area contributed by atoms with E-state index in [9.17, 15) is 4.79 Å². The number of nitrogens with one attached hydrogen (secondary N) is 1. The van der Waals surface area contributed by atoms with E-state index in [4.69, 9.17) is 5.73 Å². The molecule has 0 spiro atoms. The van der Waals surface area contributed by atoms with Gasteiger partial charge in [-0.3, -0.25) is 4.79 Å². The van der Waals surface area contributed by atoms with E-state index >= 15 is 0 Å². The molecule has 4 nitrogen and oxygen atoms in total. The van der Waals surface area contributed by atoms with Gasteiger partial charge in [-0.2, -0.15) is 0 Å². The van der Waals surface area contributed by atoms with Crippen molar-refractivity contribution in [1.29, 1.82) is 0 Å². The van der Waals surface area contributed by atoms with Crippen molar-refractivity contribution in [1.82, 2.24) is 9.88 Å². The molecule has 1 amide bonds. The van der Waals surface area contributed by atoms with E-state index in [1.165, 1.54) is 12.8 Å². The molecule has 19 heavy (non-hydrogen) atoms. The molecule has 100 valence electrons. The normalized spacial score (nSPS) is 16.5. The SMILES string of the molecule is Nc1cccc2cc(C(=O)N3CCCCCC3)[nH]c12. The Hall–Kier alpha value is -1.97. The third kappa shape index (κ3) is 2.30. The summed E-state index contributed by atoms with van der Waals surface area (Å²) >= 11 is 0. The number of benzene rings is 1. The molecule has 0 radical (unpaired) electrons. The first kappa shape index (κ1) is 12.1. The van der Waals surface area contributed by atoms with Crippen LogP contribution in [-0.2, 0) is 0 Å². The van der Waals surface area contributed by atoms with Crippen LogP contribution in [0.25, 0.3) is 10.9 Å². The standard InChI is InChI=1S/C15H19N3O/c16-12-7-5-6-11-10-13(17-14(11)12)15(19)18-8-3-1-2-4-9-18/h5-7,10,17H,1-4,8-9,16H2. The van der Waals surface area contributed by atoms with Crippen molar-refractivity contribution in [3.8, 4) is 0 Å². The summed E-state index contributed by atoms with van der Waals surface area (Å²) in [5.41, 5.74) is 8.11. The van der Waals surface area contributed by atoms with Crippen LogP contribution in [0.4, 0.5) is 5.69 Å². The number of hydrogen-bond acceptors (Lipinski definition) is 2. The zero-order valence-electron chi connectivity index (χ0n) is 11.0. The molecule has 2 aromatic rings. The summed E-state index contributed by atoms with van der Waals surface area (Å²) < 4.78 is 0. The fourth-order valence-corrected chi connectivity index (χ4v) is 2.74. The number of anilines is 1. The number of para-hydroxylation sites is 1. The smallest absolute Gasteiger partial charge is 0.270 e. The highest BCUT2D eigenvalue weighted by Gasteiger charge is 2.19. The van der Waals surface area contributed by atoms with Crippen molar-refractivity contribution in [2.24, 2.45) is 0 Å². The van der Waals surface area contributed by atoms with Crippen LogP contribution < -0.4 is 5.73 Å². The summed E-state index contributed by atoms with van der Waals surface area (Å²) in [6, 6.07) is 7.63. The van der Waals surface area contributed by atoms with Gasteiger partial charge in [0.05, 0.1) is 11.2 Å². The molecular formula is C15H19N3O. The fraction of sp³-hybridized carbons (Fsp3) is 0.400. The number of aromatic nitrogens is 1. The summed E-state index contributed by atoms with van der Waals surface area (Å²) in [5, 5.41) is 0.998. The van der Waals surface area contributed by atoms with Gasteiger partial charge < -0.3 is 15.6 Å². The number of carbonyl (C=O) groups is 1. The Morgan fingerprint density at radius 1 is 1.16 bits per heavy atom. The number of rotatable bonds is 1. The average Bonchev–Trinajstić information content (AvgIpc) is 2.67. The van der Waals surface area contributed by atoms with Crippen LogP contribution in [0, 0.1) is 0 Å². The Balaban J connectivity index is 1.90. The molecule has 0 saturated carbocycles. The van der Waals surface area contributed by atoms with Gasteiger partial charge in [0.2, 0.25) is 0 Å². The van der Waals surface area contributed by atoms with E-state index < -0.39 is 0 Å². The predicted molar refractivity (Wildman–Crippen MR) is 77.1 cm³/mol. The molecule has 3 N–H and O–H groups in total. The Bertz CT molecular complexity index is 594. The second-order valence-corrected chi connectivity index (χ2v) is 5.20. The highest BCUT2D eigenvalue weighted by Crippen LogP contribution is 2.22. The zero-order valence-corrected chi connectivity index (χ0v) is 11.0. The first-order chi connectivity index (χ1) is 9.25. The molecule has 0 atom stereocenters. The van der Waals surface area contributed by atoms with Crippen LogP contribution in [0.2, 0.25) is 0 Å². The summed E-state index contributed by atoms with van der Waals surface area (Å²) in [4.78, 5) is 17.6. The molecule has 0 bridgehead atoms. The molecule has 1 aromatic carbocycles. The largest absolute Gasteiger partial charge is 0.397 e. The summed E-state index contributed by atoms with van der Waals surface area (Å²) in [6.45, 7) is 1.73. The third-order valence-electron chi connectivity index (χ3n) is 3.81. The van der Waals surface area contributed by atoms with Gasteiger partial charge >= 0.3 is 0 Å². The summed E-state index contributed by atoms with van der Waals surface area (Å²) in [5.74, 6) is 0.0949. The van der Waals surface area contributed by atoms with Gasteiger partial charge in [-0.25, -0.2) is 0 Å². The molecule has 2 heterocycles. The number of likely N-dealkylation sites (tertiary alicyclic amines) is 1. The first-order valence-electron chi connectivity index (χ1n) is 6.92. The number of nitrogens with zero attached hydrogens (tertiary/aromatic N) is 1. The highest BCUT2D eigenvalue weighted by molar-refractivity contribution is 6.00. The van der Waals surface area contributed by atoms with Gasteiger partial charge in [0.15, 0.2) is 0 Å². The molecule has 3 rings (SSSR count). The lowest BCUT2D eigenvalue weighted by Crippen LogP contribution is -2.32. The van der Waals surface area contributed by atoms with Crippen LogP contribution in [-0.4, -0.2) is 28.9 Å². The van der Waals surface area contributed by atoms with Gasteiger partial charge in [-0.15, -0.1) is 0 Å². The van der Waals surface area contributed by atoms with E-state index in [1.807, 2.05) is 29.2 Å². The number of amides is 1. The average molecular weight is 257 g/mol. The number of carbonyl (C=O) groups excluding carboxylic acids is 1. The van der Waals surface area contributed by atoms with Crippen molar-refractivity contribution in [2.45, 2.75) is 25.7 Å². The molecule has 1 aromatic heterocycles. The van der Waals surface area contributed by atoms with Crippen molar-refractivity contribution >= 4 is 22.5 Å². The molecule has 4 heteroatoms. The molecule has 1 fully saturated rings. The Morgan fingerprint density at radius 3 is 2.58 bits per heavy atom. The minimum atomic E-state index is 0.0949. The molecule has 1 aliphatic rings. The molecular weight excluding hydrogens is 238 g/mol. The second kappa shape index (κ2) is 4.96. The Kier molecular flexibility index (Phi) is 3.15. The van der Waals surface area contributed by atoms with Crippen LogP contribution in [0.1, 0.15) is 36.2 Å². The molecule has 1 saturated heterocycles. The van der Waals surface area contributed by atoms with Gasteiger partial charge in [-0.1, -0.05) is 25.0 Å². The van der Waals surface area contributed by atoms with Crippen molar-refractivity contribution in [3.63, 3.8) is 0 Å². The molecule has 0 unspecified atom stereocenters. The Morgan fingerprint density at radius 2 is 1.89 bits per heavy atom. The van der Waals surface area contributed by atoms with Gasteiger partial charge in [-0.05, 0) is 25.0 Å². The zero-order chi connectivity index (χ0) is 13.2. The quantitative estimate of drug-likeness (QED) is 0.772. The van der Waals surface area contributed by atoms with Gasteiger partial charge in [0.25, 0.3) is 5.91 Å². The molecule has 0 aliphatic carbocycles. The topological polar surface area (TPSA) is 62.1 Å². The van der Waals surface area contributed by atoms with Crippen LogP contribution >= 0.6 is 0 Å². The van der Waals surface area contributed by atoms with Gasteiger partial charge in [0.1, 0.15) is 5.69 Å². The van der Waals surface area contributed by atoms with E-state index in [-0.39, 0.29) is 5.91 Å². The number of fused-ring (bicyclic) bond motifs is 1. The van der Waals surface area contributed by atoms with E-state index in [1.54, 1.807) is 0 Å². The Labute approximate surface area is 112 Å². The number of hydrogen-bond donors (Lipinski definition) is 2. The first-order valence-corrected chi connectivity index (χ1v) is 6.92. The van der Waals surface area contributed by atoms with E-state index in [0.717, 1.165) is 36.8 Å². The minimum Gasteiger partial charge on any atom is -0.397 e. The summed E-state index contributed by atoms with van der Waals surface area (Å²) in [7, 11) is 0. The number of nitrogens with two attached hydrogens (primary N) is 1. The lowest BCUT2D eigenvalue weighted by atomic mass is 10.2. The lowest BCUT2D eigenvalue weighted by Gasteiger charge is -2.19. The van der Waals surface area contributed by atoms with Crippen molar-refractivity contribution < 1.29 is 4.79 Å². The maximum absolute atomic E-state index is 12.5. The lowest BCUT2D eigenvalue weighted by molar-refractivity contribution is 0.0757. The number of H-pyrrole nitrogens is 1. The fourth-order valence-electron chi connectivity index (χ4n) is 2.74. The number of nitrogen functional groups attached to an aromatic ring is 1. The van der Waals surface area contributed by atoms with Crippen LogP contribution in [0.5, 0.6) is 0 Å². The van der Waals surface area contributed by atoms with Crippen LogP contribution in [0.15, 0.2) is 24.3 Å². The van der Waals surface area contributed by atoms with Crippen molar-refractivity contribution in [3.05, 3.63) is 30.0 Å². The van der Waals surface area contributed by atoms with Crippen LogP contribution in [0.3, 0.4) is 0 Å². The maximum atomic E-state index is 12.5. The summed E-state index contributed by atoms with van der Waals surface area (Å²) in [6.07, 6.45) is 4.66. The number of aromatic amines is 1. The second-order valence-electron chi connectivity index (χ2n) is 5.20. The van der Waals surface area contributed by atoms with E-state index in [0.29, 0.717) is 11.4 Å². The highest BCUT2D eigenvalue weighted by atomic mass is 16.2. The minimum absolute atomic E-state index is 0.0949. The van der Waals surface area contributed by atoms with Crippen molar-refractivity contribution in [2.75, 3.05) is 18.8 Å². The van der Waals surface area contributed by atoms with Gasteiger partial charge in [0, 0.05) is 18.5 Å². The monoisotopic (exact) mass is 257 g/mol. The molecule has 1 aliphatic heterocycles. The van der Waals surface area contributed by atoms with E-state index in [2.05, 4.69) is 4.98 Å². The third-order valence-corrected chi connectivity index (χ3v) is 3.81. The predicted octanol–water partition coefficient (Wildman–Crippen LogP) is 2.77. The maximum Gasteiger partial charge on any atom is 0.270 e.